The van der Waals surface area contributed by atoms with Crippen molar-refractivity contribution < 1.29 is 0 Å². The first kappa shape index (κ1) is 11.6. The molecule has 0 N–H and O–H groups in total. The molecule has 2 aromatic heterocycles. The van der Waals surface area contributed by atoms with Crippen LogP contribution in [-0.2, 0) is 12.8 Å². The van der Waals surface area contributed by atoms with Crippen molar-refractivity contribution in [3.05, 3.63) is 16.8 Å². The minimum atomic E-state index is 0.783. The molecule has 1 atom stereocenters. The number of thiophene rings is 1. The number of anilines is 1. The Morgan fingerprint density at radius 1 is 1.26 bits per heavy atom. The van der Waals surface area contributed by atoms with Crippen LogP contribution < -0.4 is 4.90 Å². The molecular formula is C15H19N3S. The topological polar surface area (TPSA) is 29.0 Å². The van der Waals surface area contributed by atoms with Crippen LogP contribution >= 0.6 is 11.3 Å². The SMILES string of the molecule is C[C@@H]1CCCN(c2ncnc3sc4c(c23)CCC4)C1. The number of piperidine rings is 1. The molecule has 3 heterocycles. The summed E-state index contributed by atoms with van der Waals surface area (Å²) in [7, 11) is 0. The van der Waals surface area contributed by atoms with Crippen molar-refractivity contribution in [1.82, 2.24) is 9.97 Å². The number of rotatable bonds is 1. The Hall–Kier alpha value is -1.16. The first-order valence-electron chi connectivity index (χ1n) is 7.33. The van der Waals surface area contributed by atoms with Gasteiger partial charge >= 0.3 is 0 Å². The van der Waals surface area contributed by atoms with Gasteiger partial charge in [0, 0.05) is 18.0 Å². The molecule has 2 aliphatic rings. The maximum atomic E-state index is 4.64. The van der Waals surface area contributed by atoms with E-state index in [9.17, 15) is 0 Å². The molecule has 0 amide bonds. The normalized spacial score (nSPS) is 23.0. The fourth-order valence-corrected chi connectivity index (χ4v) is 4.76. The van der Waals surface area contributed by atoms with Gasteiger partial charge in [-0.05, 0) is 43.6 Å². The standard InChI is InChI=1S/C15H19N3S/c1-10-4-3-7-18(8-10)14-13-11-5-2-6-12(11)19-15(13)17-9-16-14/h9-10H,2-8H2,1H3/t10-/m1/s1. The fourth-order valence-electron chi connectivity index (χ4n) is 3.53. The second kappa shape index (κ2) is 4.44. The summed E-state index contributed by atoms with van der Waals surface area (Å²) in [5.41, 5.74) is 1.55. The summed E-state index contributed by atoms with van der Waals surface area (Å²) in [4.78, 5) is 14.4. The van der Waals surface area contributed by atoms with Gasteiger partial charge in [0.25, 0.3) is 0 Å². The van der Waals surface area contributed by atoms with Crippen LogP contribution in [0.15, 0.2) is 6.33 Å². The van der Waals surface area contributed by atoms with Crippen LogP contribution in [0, 0.1) is 5.92 Å². The van der Waals surface area contributed by atoms with Crippen LogP contribution in [0.25, 0.3) is 10.2 Å². The summed E-state index contributed by atoms with van der Waals surface area (Å²) in [6.07, 6.45) is 8.17. The molecule has 3 nitrogen and oxygen atoms in total. The van der Waals surface area contributed by atoms with Crippen molar-refractivity contribution in [2.45, 2.75) is 39.0 Å². The quantitative estimate of drug-likeness (QED) is 0.797. The van der Waals surface area contributed by atoms with Crippen LogP contribution in [-0.4, -0.2) is 23.1 Å². The summed E-state index contributed by atoms with van der Waals surface area (Å²) in [6.45, 7) is 4.65. The van der Waals surface area contributed by atoms with E-state index in [0.29, 0.717) is 0 Å². The lowest BCUT2D eigenvalue weighted by Crippen LogP contribution is -2.35. The van der Waals surface area contributed by atoms with Crippen molar-refractivity contribution in [2.24, 2.45) is 5.92 Å². The third-order valence-electron chi connectivity index (χ3n) is 4.44. The Morgan fingerprint density at radius 3 is 3.11 bits per heavy atom. The summed E-state index contributed by atoms with van der Waals surface area (Å²) in [6, 6.07) is 0. The van der Waals surface area contributed by atoms with Crippen molar-refractivity contribution in [3.8, 4) is 0 Å². The summed E-state index contributed by atoms with van der Waals surface area (Å²) >= 11 is 1.89. The fraction of sp³-hybridized carbons (Fsp3) is 0.600. The van der Waals surface area contributed by atoms with E-state index in [1.807, 2.05) is 11.3 Å². The zero-order valence-electron chi connectivity index (χ0n) is 11.4. The minimum Gasteiger partial charge on any atom is -0.356 e. The van der Waals surface area contributed by atoms with Gasteiger partial charge in [-0.25, -0.2) is 9.97 Å². The van der Waals surface area contributed by atoms with Crippen LogP contribution in [0.4, 0.5) is 5.82 Å². The second-order valence-corrected chi connectivity index (χ2v) is 7.01. The number of aromatic nitrogens is 2. The highest BCUT2D eigenvalue weighted by Crippen LogP contribution is 2.40. The van der Waals surface area contributed by atoms with Crippen molar-refractivity contribution in [3.63, 3.8) is 0 Å². The van der Waals surface area contributed by atoms with Gasteiger partial charge in [-0.2, -0.15) is 0 Å². The summed E-state index contributed by atoms with van der Waals surface area (Å²) in [5.74, 6) is 1.99. The Balaban J connectivity index is 1.85. The Kier molecular flexibility index (Phi) is 2.72. The Morgan fingerprint density at radius 2 is 2.21 bits per heavy atom. The van der Waals surface area contributed by atoms with Gasteiger partial charge in [0.1, 0.15) is 17.0 Å². The maximum Gasteiger partial charge on any atom is 0.141 e. The van der Waals surface area contributed by atoms with E-state index >= 15 is 0 Å². The first-order chi connectivity index (χ1) is 9.33. The molecule has 0 spiro atoms. The third-order valence-corrected chi connectivity index (χ3v) is 5.64. The lowest BCUT2D eigenvalue weighted by Gasteiger charge is -2.32. The Bertz CT molecular complexity index is 619. The molecule has 100 valence electrons. The summed E-state index contributed by atoms with van der Waals surface area (Å²) < 4.78 is 0. The van der Waals surface area contributed by atoms with Gasteiger partial charge in [-0.3, -0.25) is 0 Å². The maximum absolute atomic E-state index is 4.64. The molecule has 1 fully saturated rings. The number of hydrogen-bond acceptors (Lipinski definition) is 4. The van der Waals surface area contributed by atoms with E-state index in [-0.39, 0.29) is 0 Å². The Labute approximate surface area is 117 Å². The van der Waals surface area contributed by atoms with Gasteiger partial charge in [0.2, 0.25) is 0 Å². The van der Waals surface area contributed by atoms with Crippen molar-refractivity contribution in [2.75, 3.05) is 18.0 Å². The smallest absolute Gasteiger partial charge is 0.141 e. The molecule has 1 aliphatic carbocycles. The largest absolute Gasteiger partial charge is 0.356 e. The van der Waals surface area contributed by atoms with E-state index < -0.39 is 0 Å². The van der Waals surface area contributed by atoms with Crippen molar-refractivity contribution in [1.29, 1.82) is 0 Å². The molecular weight excluding hydrogens is 254 g/mol. The van der Waals surface area contributed by atoms with Crippen LogP contribution in [0.3, 0.4) is 0 Å². The second-order valence-electron chi connectivity index (χ2n) is 5.93. The molecule has 0 radical (unpaired) electrons. The monoisotopic (exact) mass is 273 g/mol. The number of nitrogens with zero attached hydrogens (tertiary/aromatic N) is 3. The van der Waals surface area contributed by atoms with Gasteiger partial charge in [0.05, 0.1) is 5.39 Å². The minimum absolute atomic E-state index is 0.783. The number of fused-ring (bicyclic) bond motifs is 3. The van der Waals surface area contributed by atoms with Gasteiger partial charge in [-0.15, -0.1) is 11.3 Å². The highest BCUT2D eigenvalue weighted by molar-refractivity contribution is 7.19. The summed E-state index contributed by atoms with van der Waals surface area (Å²) in [5, 5.41) is 1.37. The predicted octanol–water partition coefficient (Wildman–Crippen LogP) is 3.42. The first-order valence-corrected chi connectivity index (χ1v) is 8.15. The third kappa shape index (κ3) is 1.84. The molecule has 19 heavy (non-hydrogen) atoms. The zero-order valence-corrected chi connectivity index (χ0v) is 12.2. The van der Waals surface area contributed by atoms with E-state index in [4.69, 9.17) is 0 Å². The highest BCUT2D eigenvalue weighted by Gasteiger charge is 2.25. The van der Waals surface area contributed by atoms with Crippen LogP contribution in [0.5, 0.6) is 0 Å². The molecule has 0 saturated carbocycles. The predicted molar refractivity (Wildman–Crippen MR) is 80.1 cm³/mol. The number of aryl methyl sites for hydroxylation is 2. The zero-order chi connectivity index (χ0) is 12.8. The molecule has 0 unspecified atom stereocenters. The van der Waals surface area contributed by atoms with Crippen LogP contribution in [0.1, 0.15) is 36.6 Å². The van der Waals surface area contributed by atoms with E-state index in [0.717, 1.165) is 19.0 Å². The van der Waals surface area contributed by atoms with Crippen molar-refractivity contribution >= 4 is 27.4 Å². The average molecular weight is 273 g/mol. The van der Waals surface area contributed by atoms with E-state index in [1.165, 1.54) is 48.1 Å². The van der Waals surface area contributed by atoms with Gasteiger partial charge in [0.15, 0.2) is 0 Å². The molecule has 0 aromatic carbocycles. The van der Waals surface area contributed by atoms with Crippen LogP contribution in [0.2, 0.25) is 0 Å². The van der Waals surface area contributed by atoms with E-state index in [2.05, 4.69) is 21.8 Å². The lowest BCUT2D eigenvalue weighted by atomic mass is 10.00. The molecule has 2 aromatic rings. The lowest BCUT2D eigenvalue weighted by molar-refractivity contribution is 0.445. The number of hydrogen-bond donors (Lipinski definition) is 0. The van der Waals surface area contributed by atoms with Gasteiger partial charge < -0.3 is 4.90 Å². The molecule has 0 bridgehead atoms. The molecule has 1 saturated heterocycles. The molecule has 4 rings (SSSR count). The average Bonchev–Trinajstić information content (AvgIpc) is 2.98. The van der Waals surface area contributed by atoms with Gasteiger partial charge in [-0.1, -0.05) is 6.92 Å². The van der Waals surface area contributed by atoms with E-state index in [1.54, 1.807) is 16.8 Å². The molecule has 4 heteroatoms. The highest BCUT2D eigenvalue weighted by atomic mass is 32.1. The molecule has 1 aliphatic heterocycles.